The molecule has 1 aliphatic heterocycles. The van der Waals surface area contributed by atoms with E-state index in [1.165, 1.54) is 18.2 Å². The van der Waals surface area contributed by atoms with Gasteiger partial charge in [-0.05, 0) is 71.2 Å². The Hall–Kier alpha value is -2.02. The smallest absolute Gasteiger partial charge is 0.236 e. The quantitative estimate of drug-likeness (QED) is 0.676. The lowest BCUT2D eigenvalue weighted by Crippen LogP contribution is -2.50. The molecular weight excluding hydrogens is 372 g/mol. The van der Waals surface area contributed by atoms with Crippen LogP contribution < -0.4 is 4.74 Å². The van der Waals surface area contributed by atoms with E-state index in [1.54, 1.807) is 7.11 Å². The zero-order valence-corrected chi connectivity index (χ0v) is 18.2. The first-order valence-corrected chi connectivity index (χ1v) is 10.9. The van der Waals surface area contributed by atoms with Crippen molar-refractivity contribution in [3.05, 3.63) is 24.3 Å². The third-order valence-electron chi connectivity index (χ3n) is 5.46. The standard InChI is InChI=1S/C21H30N4O2S/c1-6-24-19(17-10-12-18(27-5)13-11-17)22-23-21(24)28-16(4)20(26)25-14(2)8-7-9-15(25)3/h10-16H,6-9H2,1-5H3/t14-,15-,16+/m0/s1. The highest BCUT2D eigenvalue weighted by Gasteiger charge is 2.32. The predicted octanol–water partition coefficient (Wildman–Crippen LogP) is 4.24. The van der Waals surface area contributed by atoms with Gasteiger partial charge in [0.2, 0.25) is 5.91 Å². The molecule has 1 aromatic heterocycles. The maximum Gasteiger partial charge on any atom is 0.236 e. The number of hydrogen-bond acceptors (Lipinski definition) is 5. The number of thioether (sulfide) groups is 1. The summed E-state index contributed by atoms with van der Waals surface area (Å²) in [7, 11) is 1.65. The van der Waals surface area contributed by atoms with E-state index in [2.05, 4.69) is 40.4 Å². The van der Waals surface area contributed by atoms with Crippen molar-refractivity contribution in [2.24, 2.45) is 0 Å². The lowest BCUT2D eigenvalue weighted by atomic mass is 9.97. The Morgan fingerprint density at radius 2 is 1.86 bits per heavy atom. The highest BCUT2D eigenvalue weighted by Crippen LogP contribution is 2.31. The second-order valence-electron chi connectivity index (χ2n) is 7.41. The molecule has 0 saturated carbocycles. The summed E-state index contributed by atoms with van der Waals surface area (Å²) in [5, 5.41) is 9.37. The van der Waals surface area contributed by atoms with Crippen molar-refractivity contribution >= 4 is 17.7 Å². The largest absolute Gasteiger partial charge is 0.497 e. The number of amides is 1. The fraction of sp³-hybridized carbons (Fsp3) is 0.571. The molecule has 1 aliphatic rings. The zero-order chi connectivity index (χ0) is 20.3. The molecule has 3 rings (SSSR count). The van der Waals surface area contributed by atoms with Crippen LogP contribution in [0.4, 0.5) is 0 Å². The van der Waals surface area contributed by atoms with E-state index in [4.69, 9.17) is 4.74 Å². The number of benzene rings is 1. The molecule has 0 N–H and O–H groups in total. The van der Waals surface area contributed by atoms with Crippen LogP contribution in [0.15, 0.2) is 29.4 Å². The number of hydrogen-bond donors (Lipinski definition) is 0. The van der Waals surface area contributed by atoms with Gasteiger partial charge in [-0.3, -0.25) is 4.79 Å². The number of methoxy groups -OCH3 is 1. The van der Waals surface area contributed by atoms with Gasteiger partial charge >= 0.3 is 0 Å². The maximum absolute atomic E-state index is 13.1. The molecule has 0 spiro atoms. The number of carbonyl (C=O) groups excluding carboxylic acids is 1. The molecule has 0 unspecified atom stereocenters. The number of piperidine rings is 1. The van der Waals surface area contributed by atoms with Crippen molar-refractivity contribution in [1.82, 2.24) is 19.7 Å². The summed E-state index contributed by atoms with van der Waals surface area (Å²) in [4.78, 5) is 15.2. The van der Waals surface area contributed by atoms with Gasteiger partial charge < -0.3 is 14.2 Å². The molecule has 2 aromatic rings. The van der Waals surface area contributed by atoms with Crippen molar-refractivity contribution in [2.45, 2.75) is 76.0 Å². The highest BCUT2D eigenvalue weighted by molar-refractivity contribution is 8.00. The molecule has 1 amide bonds. The van der Waals surface area contributed by atoms with Crippen LogP contribution in [0.25, 0.3) is 11.4 Å². The Morgan fingerprint density at radius 1 is 1.21 bits per heavy atom. The van der Waals surface area contributed by atoms with Crippen molar-refractivity contribution in [3.63, 3.8) is 0 Å². The van der Waals surface area contributed by atoms with Crippen LogP contribution in [0.3, 0.4) is 0 Å². The zero-order valence-electron chi connectivity index (χ0n) is 17.4. The summed E-state index contributed by atoms with van der Waals surface area (Å²) < 4.78 is 7.30. The third kappa shape index (κ3) is 4.19. The molecule has 6 nitrogen and oxygen atoms in total. The first-order chi connectivity index (χ1) is 13.5. The monoisotopic (exact) mass is 402 g/mol. The number of rotatable bonds is 6. The minimum atomic E-state index is -0.193. The Labute approximate surface area is 171 Å². The second kappa shape index (κ2) is 8.99. The van der Waals surface area contributed by atoms with Crippen molar-refractivity contribution in [2.75, 3.05) is 7.11 Å². The second-order valence-corrected chi connectivity index (χ2v) is 8.72. The van der Waals surface area contributed by atoms with Gasteiger partial charge in [0.05, 0.1) is 12.4 Å². The molecule has 3 atom stereocenters. The molecule has 2 heterocycles. The van der Waals surface area contributed by atoms with Crippen LogP contribution in [0.1, 0.15) is 47.0 Å². The molecular formula is C21H30N4O2S. The summed E-state index contributed by atoms with van der Waals surface area (Å²) >= 11 is 1.50. The van der Waals surface area contributed by atoms with E-state index in [0.29, 0.717) is 12.1 Å². The molecule has 1 aromatic carbocycles. The van der Waals surface area contributed by atoms with Crippen molar-refractivity contribution < 1.29 is 9.53 Å². The molecule has 1 fully saturated rings. The molecule has 0 aliphatic carbocycles. The SMILES string of the molecule is CCn1c(S[C@H](C)C(=O)N2[C@@H](C)CCC[C@@H]2C)nnc1-c1ccc(OC)cc1. The van der Waals surface area contributed by atoms with Gasteiger partial charge in [-0.1, -0.05) is 11.8 Å². The summed E-state index contributed by atoms with van der Waals surface area (Å²) in [6.07, 6.45) is 3.36. The van der Waals surface area contributed by atoms with Crippen molar-refractivity contribution in [1.29, 1.82) is 0 Å². The van der Waals surface area contributed by atoms with Crippen LogP contribution in [-0.2, 0) is 11.3 Å². The first-order valence-electron chi connectivity index (χ1n) is 10.0. The van der Waals surface area contributed by atoms with E-state index in [0.717, 1.165) is 41.7 Å². The topological polar surface area (TPSA) is 60.2 Å². The van der Waals surface area contributed by atoms with E-state index >= 15 is 0 Å². The lowest BCUT2D eigenvalue weighted by Gasteiger charge is -2.40. The highest BCUT2D eigenvalue weighted by atomic mass is 32.2. The predicted molar refractivity (Wildman–Crippen MR) is 113 cm³/mol. The number of ether oxygens (including phenoxy) is 1. The average molecular weight is 403 g/mol. The fourth-order valence-corrected chi connectivity index (χ4v) is 4.86. The number of carbonyl (C=O) groups is 1. The molecule has 0 radical (unpaired) electrons. The van der Waals surface area contributed by atoms with Crippen LogP contribution in [0.5, 0.6) is 5.75 Å². The minimum absolute atomic E-state index is 0.193. The van der Waals surface area contributed by atoms with Crippen LogP contribution >= 0.6 is 11.8 Å². The Kier molecular flexibility index (Phi) is 6.65. The van der Waals surface area contributed by atoms with E-state index < -0.39 is 0 Å². The van der Waals surface area contributed by atoms with Gasteiger partial charge in [-0.2, -0.15) is 0 Å². The van der Waals surface area contributed by atoms with E-state index in [9.17, 15) is 4.79 Å². The summed E-state index contributed by atoms with van der Waals surface area (Å²) in [6.45, 7) is 9.10. The van der Waals surface area contributed by atoms with E-state index in [1.807, 2.05) is 31.2 Å². The van der Waals surface area contributed by atoms with E-state index in [-0.39, 0.29) is 11.2 Å². The van der Waals surface area contributed by atoms with Crippen molar-refractivity contribution in [3.8, 4) is 17.1 Å². The van der Waals surface area contributed by atoms with Gasteiger partial charge in [-0.15, -0.1) is 10.2 Å². The molecule has 28 heavy (non-hydrogen) atoms. The van der Waals surface area contributed by atoms with Crippen LogP contribution in [-0.4, -0.2) is 50.0 Å². The van der Waals surface area contributed by atoms with Gasteiger partial charge in [0.1, 0.15) is 5.75 Å². The molecule has 7 heteroatoms. The Balaban J connectivity index is 1.78. The van der Waals surface area contributed by atoms with Crippen LogP contribution in [0.2, 0.25) is 0 Å². The summed E-state index contributed by atoms with van der Waals surface area (Å²) in [6, 6.07) is 8.41. The van der Waals surface area contributed by atoms with Crippen LogP contribution in [0, 0.1) is 0 Å². The normalized spacial score (nSPS) is 20.8. The summed E-state index contributed by atoms with van der Waals surface area (Å²) in [5.41, 5.74) is 0.985. The lowest BCUT2D eigenvalue weighted by molar-refractivity contribution is -0.136. The third-order valence-corrected chi connectivity index (χ3v) is 6.53. The van der Waals surface area contributed by atoms with Gasteiger partial charge in [0.25, 0.3) is 0 Å². The number of aromatic nitrogens is 3. The molecule has 1 saturated heterocycles. The Morgan fingerprint density at radius 3 is 2.43 bits per heavy atom. The van der Waals surface area contributed by atoms with Gasteiger partial charge in [0.15, 0.2) is 11.0 Å². The number of likely N-dealkylation sites (tertiary alicyclic amines) is 1. The minimum Gasteiger partial charge on any atom is -0.497 e. The Bertz CT molecular complexity index is 795. The average Bonchev–Trinajstić information content (AvgIpc) is 3.10. The molecule has 152 valence electrons. The van der Waals surface area contributed by atoms with Gasteiger partial charge in [0, 0.05) is 24.2 Å². The molecule has 0 bridgehead atoms. The first kappa shape index (κ1) is 20.7. The maximum atomic E-state index is 13.1. The number of nitrogens with zero attached hydrogens (tertiary/aromatic N) is 4. The van der Waals surface area contributed by atoms with Gasteiger partial charge in [-0.25, -0.2) is 0 Å². The summed E-state index contributed by atoms with van der Waals surface area (Å²) in [5.74, 6) is 1.82. The fourth-order valence-electron chi connectivity index (χ4n) is 3.89.